The highest BCUT2D eigenvalue weighted by Crippen LogP contribution is 2.14. The van der Waals surface area contributed by atoms with Gasteiger partial charge in [-0.2, -0.15) is 16.5 Å². The largest absolute Gasteiger partial charge is 0.325 e. The number of hydrogen-bond acceptors (Lipinski definition) is 4. The topological polar surface area (TPSA) is 75.3 Å². The second-order valence-electron chi connectivity index (χ2n) is 5.48. The lowest BCUT2D eigenvalue weighted by molar-refractivity contribution is -0.117. The summed E-state index contributed by atoms with van der Waals surface area (Å²) < 4.78 is 27.6. The number of benzene rings is 2. The van der Waals surface area contributed by atoms with Gasteiger partial charge in [0.2, 0.25) is 15.9 Å². The van der Waals surface area contributed by atoms with Crippen molar-refractivity contribution in [2.24, 2.45) is 0 Å². The summed E-state index contributed by atoms with van der Waals surface area (Å²) in [5.74, 6) is 2.71. The summed E-state index contributed by atoms with van der Waals surface area (Å²) in [5, 5.41) is 2.73. The maximum absolute atomic E-state index is 12.6. The molecular formula is C19H20N2O3S2. The van der Waals surface area contributed by atoms with Crippen LogP contribution in [-0.4, -0.2) is 32.4 Å². The van der Waals surface area contributed by atoms with Gasteiger partial charge in [-0.05, 0) is 48.8 Å². The lowest BCUT2D eigenvalue weighted by Gasteiger charge is -2.18. The Morgan fingerprint density at radius 2 is 1.92 bits per heavy atom. The molecule has 0 saturated heterocycles. The first-order chi connectivity index (χ1) is 12.5. The second kappa shape index (κ2) is 9.43. The predicted octanol–water partition coefficient (Wildman–Crippen LogP) is 2.71. The van der Waals surface area contributed by atoms with Gasteiger partial charge in [0.25, 0.3) is 0 Å². The van der Waals surface area contributed by atoms with Crippen molar-refractivity contribution in [3.8, 4) is 12.3 Å². The monoisotopic (exact) mass is 388 g/mol. The van der Waals surface area contributed by atoms with Gasteiger partial charge < -0.3 is 5.32 Å². The van der Waals surface area contributed by atoms with E-state index in [4.69, 9.17) is 6.42 Å². The summed E-state index contributed by atoms with van der Waals surface area (Å²) in [6.07, 6.45) is 7.63. The van der Waals surface area contributed by atoms with Gasteiger partial charge in [0.1, 0.15) is 6.04 Å². The van der Waals surface area contributed by atoms with Crippen molar-refractivity contribution < 1.29 is 13.2 Å². The third-order valence-corrected chi connectivity index (χ3v) is 5.71. The van der Waals surface area contributed by atoms with Crippen molar-refractivity contribution in [3.05, 3.63) is 60.2 Å². The van der Waals surface area contributed by atoms with Crippen LogP contribution < -0.4 is 10.0 Å². The smallest absolute Gasteiger partial charge is 0.242 e. The van der Waals surface area contributed by atoms with E-state index in [1.807, 2.05) is 6.26 Å². The first-order valence-electron chi connectivity index (χ1n) is 7.90. The van der Waals surface area contributed by atoms with Gasteiger partial charge in [0, 0.05) is 11.3 Å². The summed E-state index contributed by atoms with van der Waals surface area (Å²) in [6, 6.07) is 13.9. The zero-order chi connectivity index (χ0) is 19.0. The Hall–Kier alpha value is -2.27. The van der Waals surface area contributed by atoms with E-state index in [0.717, 1.165) is 0 Å². The lowest BCUT2D eigenvalue weighted by Crippen LogP contribution is -2.44. The highest BCUT2D eigenvalue weighted by Gasteiger charge is 2.25. The molecule has 0 heterocycles. The number of rotatable bonds is 8. The number of terminal acetylenes is 1. The Kier molecular flexibility index (Phi) is 7.27. The molecule has 0 saturated carbocycles. The molecule has 136 valence electrons. The molecule has 2 N–H and O–H groups in total. The second-order valence-corrected chi connectivity index (χ2v) is 8.18. The molecule has 0 fully saturated rings. The third kappa shape index (κ3) is 5.63. The van der Waals surface area contributed by atoms with E-state index in [9.17, 15) is 13.2 Å². The summed E-state index contributed by atoms with van der Waals surface area (Å²) in [4.78, 5) is 12.7. The maximum atomic E-state index is 12.6. The van der Waals surface area contributed by atoms with Crippen molar-refractivity contribution in [2.75, 3.05) is 17.3 Å². The van der Waals surface area contributed by atoms with Crippen molar-refractivity contribution in [3.63, 3.8) is 0 Å². The number of sulfonamides is 1. The van der Waals surface area contributed by atoms with E-state index in [-0.39, 0.29) is 4.90 Å². The molecule has 0 radical (unpaired) electrons. The molecule has 2 rings (SSSR count). The lowest BCUT2D eigenvalue weighted by atomic mass is 10.2. The normalized spacial score (nSPS) is 12.2. The van der Waals surface area contributed by atoms with Crippen LogP contribution in [0.2, 0.25) is 0 Å². The number of carbonyl (C=O) groups is 1. The minimum Gasteiger partial charge on any atom is -0.325 e. The van der Waals surface area contributed by atoms with Gasteiger partial charge in [-0.25, -0.2) is 8.42 Å². The first-order valence-corrected chi connectivity index (χ1v) is 10.8. The van der Waals surface area contributed by atoms with E-state index in [0.29, 0.717) is 23.4 Å². The molecule has 0 aliphatic carbocycles. The fourth-order valence-corrected chi connectivity index (χ4v) is 3.97. The van der Waals surface area contributed by atoms with E-state index in [1.165, 1.54) is 12.1 Å². The zero-order valence-corrected chi connectivity index (χ0v) is 15.9. The van der Waals surface area contributed by atoms with Crippen LogP contribution >= 0.6 is 11.8 Å². The predicted molar refractivity (Wildman–Crippen MR) is 107 cm³/mol. The van der Waals surface area contributed by atoms with Crippen molar-refractivity contribution in [1.29, 1.82) is 0 Å². The molecule has 2 aromatic carbocycles. The number of nitrogens with one attached hydrogen (secondary N) is 2. The zero-order valence-electron chi connectivity index (χ0n) is 14.3. The summed E-state index contributed by atoms with van der Waals surface area (Å²) >= 11 is 1.54. The van der Waals surface area contributed by atoms with Gasteiger partial charge in [0.15, 0.2) is 0 Å². The number of anilines is 1. The molecule has 0 spiro atoms. The SMILES string of the molecule is C#Cc1cccc(NC(=O)C(CCSC)NS(=O)(=O)c2ccccc2)c1. The average Bonchev–Trinajstić information content (AvgIpc) is 2.65. The molecule has 0 aliphatic rings. The fraction of sp³-hybridized carbons (Fsp3) is 0.211. The molecule has 26 heavy (non-hydrogen) atoms. The average molecular weight is 389 g/mol. The molecule has 7 heteroatoms. The quantitative estimate of drug-likeness (QED) is 0.682. The number of thioether (sulfide) groups is 1. The van der Waals surface area contributed by atoms with Crippen molar-refractivity contribution >= 4 is 33.4 Å². The molecular weight excluding hydrogens is 368 g/mol. The van der Waals surface area contributed by atoms with Crippen LogP contribution in [0.4, 0.5) is 5.69 Å². The summed E-state index contributed by atoms with van der Waals surface area (Å²) in [6.45, 7) is 0. The highest BCUT2D eigenvalue weighted by molar-refractivity contribution is 7.98. The van der Waals surface area contributed by atoms with Crippen LogP contribution in [-0.2, 0) is 14.8 Å². The van der Waals surface area contributed by atoms with Gasteiger partial charge in [-0.3, -0.25) is 4.79 Å². The Bertz CT molecular complexity index is 891. The molecule has 0 aliphatic heterocycles. The minimum atomic E-state index is -3.79. The number of hydrogen-bond donors (Lipinski definition) is 2. The third-order valence-electron chi connectivity index (χ3n) is 3.57. The Balaban J connectivity index is 2.18. The molecule has 0 aromatic heterocycles. The van der Waals surface area contributed by atoms with Crippen LogP contribution in [0.25, 0.3) is 0 Å². The van der Waals surface area contributed by atoms with E-state index < -0.39 is 22.0 Å². The van der Waals surface area contributed by atoms with E-state index in [2.05, 4.69) is 16.0 Å². The Morgan fingerprint density at radius 3 is 2.58 bits per heavy atom. The molecule has 1 amide bonds. The minimum absolute atomic E-state index is 0.122. The standard InChI is InChI=1S/C19H20N2O3S2/c1-3-15-8-7-9-16(14-15)20-19(22)18(12-13-25-2)21-26(23,24)17-10-5-4-6-11-17/h1,4-11,14,18,21H,12-13H2,2H3,(H,20,22). The Labute approximate surface area is 158 Å². The van der Waals surface area contributed by atoms with Crippen LogP contribution in [0, 0.1) is 12.3 Å². The first kappa shape index (κ1) is 20.0. The highest BCUT2D eigenvalue weighted by atomic mass is 32.2. The summed E-state index contributed by atoms with van der Waals surface area (Å²) in [7, 11) is -3.79. The molecule has 1 atom stereocenters. The van der Waals surface area contributed by atoms with Crippen molar-refractivity contribution in [1.82, 2.24) is 4.72 Å². The maximum Gasteiger partial charge on any atom is 0.242 e. The number of amides is 1. The van der Waals surface area contributed by atoms with Gasteiger partial charge in [0.05, 0.1) is 4.90 Å². The van der Waals surface area contributed by atoms with Crippen LogP contribution in [0.5, 0.6) is 0 Å². The van der Waals surface area contributed by atoms with Gasteiger partial charge in [-0.15, -0.1) is 6.42 Å². The van der Waals surface area contributed by atoms with Crippen LogP contribution in [0.15, 0.2) is 59.5 Å². The summed E-state index contributed by atoms with van der Waals surface area (Å²) in [5.41, 5.74) is 1.16. The van der Waals surface area contributed by atoms with Gasteiger partial charge >= 0.3 is 0 Å². The fourth-order valence-electron chi connectivity index (χ4n) is 2.25. The van der Waals surface area contributed by atoms with Crippen LogP contribution in [0.1, 0.15) is 12.0 Å². The van der Waals surface area contributed by atoms with Gasteiger partial charge in [-0.1, -0.05) is 30.2 Å². The van der Waals surface area contributed by atoms with Crippen LogP contribution in [0.3, 0.4) is 0 Å². The number of carbonyl (C=O) groups excluding carboxylic acids is 1. The molecule has 0 bridgehead atoms. The molecule has 1 unspecified atom stereocenters. The Morgan fingerprint density at radius 1 is 1.19 bits per heavy atom. The molecule has 2 aromatic rings. The van der Waals surface area contributed by atoms with Crippen molar-refractivity contribution in [2.45, 2.75) is 17.4 Å². The van der Waals surface area contributed by atoms with E-state index in [1.54, 1.807) is 54.2 Å². The molecule has 5 nitrogen and oxygen atoms in total. The van der Waals surface area contributed by atoms with E-state index >= 15 is 0 Å².